The van der Waals surface area contributed by atoms with Crippen LogP contribution in [0, 0.1) is 0 Å². The SMILES string of the molecule is C[C@](O)(C[123I])C(=O)Nc1ccccc1. The van der Waals surface area contributed by atoms with E-state index < -0.39 is 5.60 Å². The Balaban J connectivity index is 2.67. The van der Waals surface area contributed by atoms with Gasteiger partial charge in [0.25, 0.3) is 5.91 Å². The molecule has 0 bridgehead atoms. The number of hydrogen-bond acceptors (Lipinski definition) is 2. The monoisotopic (exact) mass is 301 g/mol. The van der Waals surface area contributed by atoms with Crippen LogP contribution >= 0.6 is 22.6 Å². The van der Waals surface area contributed by atoms with Gasteiger partial charge in [-0.1, -0.05) is 40.8 Å². The van der Waals surface area contributed by atoms with E-state index in [-0.39, 0.29) is 5.91 Å². The summed E-state index contributed by atoms with van der Waals surface area (Å²) < 4.78 is 0.365. The summed E-state index contributed by atoms with van der Waals surface area (Å²) in [5.41, 5.74) is -0.612. The van der Waals surface area contributed by atoms with Crippen LogP contribution in [0.15, 0.2) is 30.3 Å². The molecule has 0 aliphatic carbocycles. The lowest BCUT2D eigenvalue weighted by molar-refractivity contribution is -0.130. The van der Waals surface area contributed by atoms with Crippen molar-refractivity contribution < 1.29 is 9.90 Å². The highest BCUT2D eigenvalue weighted by molar-refractivity contribution is 14.1. The Morgan fingerprint density at radius 1 is 1.50 bits per heavy atom. The fourth-order valence-electron chi connectivity index (χ4n) is 0.848. The second kappa shape index (κ2) is 4.75. The van der Waals surface area contributed by atoms with Gasteiger partial charge >= 0.3 is 0 Å². The van der Waals surface area contributed by atoms with Crippen molar-refractivity contribution in [2.24, 2.45) is 0 Å². The first kappa shape index (κ1) is 11.5. The van der Waals surface area contributed by atoms with Crippen molar-refractivity contribution in [3.63, 3.8) is 0 Å². The Morgan fingerprint density at radius 3 is 2.57 bits per heavy atom. The number of alkyl halides is 1. The van der Waals surface area contributed by atoms with Crippen LogP contribution < -0.4 is 5.32 Å². The quantitative estimate of drug-likeness (QED) is 0.661. The highest BCUT2D eigenvalue weighted by Crippen LogP contribution is 2.12. The van der Waals surface area contributed by atoms with Crippen molar-refractivity contribution in [1.82, 2.24) is 0 Å². The van der Waals surface area contributed by atoms with Crippen molar-refractivity contribution in [2.45, 2.75) is 12.5 Å². The molecule has 1 aromatic carbocycles. The van der Waals surface area contributed by atoms with Gasteiger partial charge in [-0.3, -0.25) is 4.79 Å². The smallest absolute Gasteiger partial charge is 0.256 e. The summed E-state index contributed by atoms with van der Waals surface area (Å²) in [6, 6.07) is 9.08. The molecule has 1 amide bonds. The van der Waals surface area contributed by atoms with Gasteiger partial charge < -0.3 is 10.4 Å². The first-order valence-electron chi connectivity index (χ1n) is 4.21. The van der Waals surface area contributed by atoms with Gasteiger partial charge in [0.2, 0.25) is 0 Å². The Hall–Kier alpha value is -0.620. The lowest BCUT2D eigenvalue weighted by atomic mass is 10.1. The van der Waals surface area contributed by atoms with Crippen molar-refractivity contribution in [3.8, 4) is 0 Å². The summed E-state index contributed by atoms with van der Waals surface area (Å²) in [4.78, 5) is 11.5. The van der Waals surface area contributed by atoms with Gasteiger partial charge in [-0.2, -0.15) is 0 Å². The standard InChI is InChI=1S/C10H12INO2/c1-10(14,7-11)9(13)12-8-5-3-2-4-6-8/h2-6,14H,7H2,1H3,(H,12,13)/t10-/m0/s1/i11-4. The molecule has 0 fully saturated rings. The number of benzene rings is 1. The number of carbonyl (C=O) groups is 1. The fraction of sp³-hybridized carbons (Fsp3) is 0.300. The van der Waals surface area contributed by atoms with E-state index in [0.29, 0.717) is 10.1 Å². The highest BCUT2D eigenvalue weighted by atomic mass is 123. The molecule has 0 aromatic heterocycles. The minimum Gasteiger partial charge on any atom is -0.379 e. The molecule has 14 heavy (non-hydrogen) atoms. The average Bonchev–Trinajstić information content (AvgIpc) is 2.19. The third kappa shape index (κ3) is 2.95. The van der Waals surface area contributed by atoms with Crippen molar-refractivity contribution in [2.75, 3.05) is 9.74 Å². The van der Waals surface area contributed by atoms with E-state index in [9.17, 15) is 9.90 Å². The lowest BCUT2D eigenvalue weighted by Gasteiger charge is -2.19. The van der Waals surface area contributed by atoms with Gasteiger partial charge in [0.1, 0.15) is 5.60 Å². The van der Waals surface area contributed by atoms with Crippen LogP contribution in [0.5, 0.6) is 0 Å². The second-order valence-electron chi connectivity index (χ2n) is 3.23. The van der Waals surface area contributed by atoms with Crippen LogP contribution in [-0.2, 0) is 4.79 Å². The molecule has 0 saturated heterocycles. The maximum absolute atomic E-state index is 11.5. The summed E-state index contributed by atoms with van der Waals surface area (Å²) in [5.74, 6) is -0.377. The number of anilines is 1. The van der Waals surface area contributed by atoms with Crippen molar-refractivity contribution in [3.05, 3.63) is 30.3 Å². The molecule has 76 valence electrons. The molecule has 4 heteroatoms. The van der Waals surface area contributed by atoms with Crippen LogP contribution in [0.2, 0.25) is 0 Å². The molecule has 0 radical (unpaired) electrons. The van der Waals surface area contributed by atoms with E-state index in [1.165, 1.54) is 6.92 Å². The lowest BCUT2D eigenvalue weighted by Crippen LogP contribution is -2.41. The number of rotatable bonds is 3. The number of nitrogens with one attached hydrogen (secondary N) is 1. The predicted octanol–water partition coefficient (Wildman–Crippen LogP) is 1.81. The number of para-hydroxylation sites is 1. The predicted molar refractivity (Wildman–Crippen MR) is 64.6 cm³/mol. The van der Waals surface area contributed by atoms with E-state index in [2.05, 4.69) is 5.32 Å². The van der Waals surface area contributed by atoms with E-state index in [1.807, 2.05) is 40.8 Å². The molecule has 0 heterocycles. The zero-order valence-corrected chi connectivity index (χ0v) is 9.98. The molecular formula is C10H12INO2. The molecule has 1 rings (SSSR count). The van der Waals surface area contributed by atoms with Gasteiger partial charge in [0.05, 0.1) is 0 Å². The van der Waals surface area contributed by atoms with E-state index in [4.69, 9.17) is 0 Å². The molecular weight excluding hydrogens is 289 g/mol. The first-order chi connectivity index (χ1) is 6.56. The summed E-state index contributed by atoms with van der Waals surface area (Å²) >= 11 is 1.98. The summed E-state index contributed by atoms with van der Waals surface area (Å²) in [7, 11) is 0. The molecule has 0 saturated carbocycles. The third-order valence-electron chi connectivity index (χ3n) is 1.78. The zero-order chi connectivity index (χ0) is 10.6. The number of hydrogen-bond donors (Lipinski definition) is 2. The molecule has 3 nitrogen and oxygen atoms in total. The fourth-order valence-corrected chi connectivity index (χ4v) is 1.19. The maximum Gasteiger partial charge on any atom is 0.256 e. The average molecular weight is 301 g/mol. The van der Waals surface area contributed by atoms with Crippen LogP contribution in [0.25, 0.3) is 0 Å². The van der Waals surface area contributed by atoms with E-state index in [1.54, 1.807) is 12.1 Å². The Bertz CT molecular complexity index is 311. The van der Waals surface area contributed by atoms with Crippen LogP contribution in [0.1, 0.15) is 6.92 Å². The van der Waals surface area contributed by atoms with Gasteiger partial charge in [0, 0.05) is 10.1 Å². The number of carbonyl (C=O) groups excluding carboxylic acids is 1. The molecule has 1 aromatic rings. The topological polar surface area (TPSA) is 49.3 Å². The van der Waals surface area contributed by atoms with Crippen molar-refractivity contribution in [1.29, 1.82) is 0 Å². The third-order valence-corrected chi connectivity index (χ3v) is 3.27. The molecule has 2 N–H and O–H groups in total. The highest BCUT2D eigenvalue weighted by Gasteiger charge is 2.28. The van der Waals surface area contributed by atoms with Crippen LogP contribution in [0.4, 0.5) is 5.69 Å². The summed E-state index contributed by atoms with van der Waals surface area (Å²) in [6.07, 6.45) is 0. The number of halogens is 1. The largest absolute Gasteiger partial charge is 0.379 e. The Labute approximate surface area is 96.7 Å². The molecule has 0 unspecified atom stereocenters. The maximum atomic E-state index is 11.5. The van der Waals surface area contributed by atoms with E-state index in [0.717, 1.165) is 0 Å². The Morgan fingerprint density at radius 2 is 2.07 bits per heavy atom. The normalized spacial score (nSPS) is 14.5. The number of aliphatic hydroxyl groups is 1. The zero-order valence-electron chi connectivity index (χ0n) is 7.83. The minimum absolute atomic E-state index is 0.365. The second-order valence-corrected chi connectivity index (χ2v) is 3.99. The van der Waals surface area contributed by atoms with Gasteiger partial charge in [0.15, 0.2) is 0 Å². The van der Waals surface area contributed by atoms with Crippen LogP contribution in [0.3, 0.4) is 0 Å². The van der Waals surface area contributed by atoms with Gasteiger partial charge in [-0.05, 0) is 19.1 Å². The van der Waals surface area contributed by atoms with Gasteiger partial charge in [-0.15, -0.1) is 0 Å². The first-order valence-corrected chi connectivity index (χ1v) is 5.73. The van der Waals surface area contributed by atoms with E-state index >= 15 is 0 Å². The Kier molecular flexibility index (Phi) is 3.88. The molecule has 1 atom stereocenters. The van der Waals surface area contributed by atoms with Gasteiger partial charge in [-0.25, -0.2) is 0 Å². The number of amides is 1. The summed E-state index contributed by atoms with van der Waals surface area (Å²) in [5, 5.41) is 12.3. The molecule has 0 aliphatic rings. The molecule has 0 spiro atoms. The summed E-state index contributed by atoms with van der Waals surface area (Å²) in [6.45, 7) is 1.50. The molecule has 0 aliphatic heterocycles. The minimum atomic E-state index is -1.31. The van der Waals surface area contributed by atoms with Crippen LogP contribution in [-0.4, -0.2) is 21.0 Å². The van der Waals surface area contributed by atoms with Crippen molar-refractivity contribution >= 4 is 34.2 Å².